The normalized spacial score (nSPS) is 22.0. The van der Waals surface area contributed by atoms with Crippen LogP contribution in [0, 0.1) is 5.92 Å². The van der Waals surface area contributed by atoms with Gasteiger partial charge in [-0.2, -0.15) is 0 Å². The monoisotopic (exact) mass is 257 g/mol. The fraction of sp³-hybridized carbons (Fsp3) is 0.529. The van der Waals surface area contributed by atoms with Gasteiger partial charge in [-0.1, -0.05) is 38.5 Å². The number of para-hydroxylation sites is 1. The van der Waals surface area contributed by atoms with E-state index >= 15 is 0 Å². The number of nitrogens with one attached hydrogen (secondary N) is 1. The first-order valence-electron chi connectivity index (χ1n) is 7.56. The molecule has 1 saturated carbocycles. The van der Waals surface area contributed by atoms with Crippen molar-refractivity contribution in [1.29, 1.82) is 0 Å². The maximum atomic E-state index is 5.94. The third kappa shape index (κ3) is 2.55. The second kappa shape index (κ2) is 5.38. The molecule has 2 nitrogen and oxygen atoms in total. The van der Waals surface area contributed by atoms with Gasteiger partial charge < -0.3 is 9.73 Å². The van der Waals surface area contributed by atoms with Crippen LogP contribution in [0.25, 0.3) is 11.0 Å². The molecule has 2 aromatic rings. The zero-order valence-electron chi connectivity index (χ0n) is 11.9. The second-order valence-corrected chi connectivity index (χ2v) is 5.63. The van der Waals surface area contributed by atoms with Gasteiger partial charge in [0.25, 0.3) is 0 Å². The molecule has 1 aromatic carbocycles. The Hall–Kier alpha value is -1.28. The molecule has 0 aliphatic heterocycles. The van der Waals surface area contributed by atoms with Gasteiger partial charge in [0.15, 0.2) is 0 Å². The summed E-state index contributed by atoms with van der Waals surface area (Å²) in [5.41, 5.74) is 2.39. The smallest absolute Gasteiger partial charge is 0.134 e. The van der Waals surface area contributed by atoms with Gasteiger partial charge in [0, 0.05) is 30.0 Å². The van der Waals surface area contributed by atoms with E-state index in [1.165, 1.54) is 30.2 Å². The van der Waals surface area contributed by atoms with E-state index in [2.05, 4.69) is 37.4 Å². The van der Waals surface area contributed by atoms with Crippen LogP contribution in [0.15, 0.2) is 28.7 Å². The highest BCUT2D eigenvalue weighted by Gasteiger charge is 2.35. The van der Waals surface area contributed by atoms with Gasteiger partial charge in [-0.3, -0.25) is 0 Å². The Morgan fingerprint density at radius 1 is 1.26 bits per heavy atom. The number of hydrogen-bond acceptors (Lipinski definition) is 2. The number of rotatable bonds is 6. The lowest BCUT2D eigenvalue weighted by Gasteiger charge is -2.04. The van der Waals surface area contributed by atoms with E-state index in [0.717, 1.165) is 36.3 Å². The van der Waals surface area contributed by atoms with Gasteiger partial charge in [0.05, 0.1) is 0 Å². The molecule has 0 bridgehead atoms. The van der Waals surface area contributed by atoms with Crippen molar-refractivity contribution < 1.29 is 4.42 Å². The van der Waals surface area contributed by atoms with Crippen LogP contribution < -0.4 is 5.32 Å². The van der Waals surface area contributed by atoms with E-state index in [1.807, 2.05) is 6.07 Å². The Bertz CT molecular complexity index is 557. The highest BCUT2D eigenvalue weighted by atomic mass is 16.3. The molecule has 1 aliphatic carbocycles. The maximum absolute atomic E-state index is 5.94. The molecule has 102 valence electrons. The molecule has 0 saturated heterocycles. The van der Waals surface area contributed by atoms with E-state index < -0.39 is 0 Å². The van der Waals surface area contributed by atoms with Crippen LogP contribution in [0.5, 0.6) is 0 Å². The average molecular weight is 257 g/mol. The summed E-state index contributed by atoms with van der Waals surface area (Å²) in [6.45, 7) is 5.39. The van der Waals surface area contributed by atoms with E-state index in [-0.39, 0.29) is 0 Å². The molecule has 0 amide bonds. The van der Waals surface area contributed by atoms with Crippen molar-refractivity contribution in [3.8, 4) is 0 Å². The van der Waals surface area contributed by atoms with Crippen molar-refractivity contribution in [1.82, 2.24) is 5.32 Å². The first-order chi connectivity index (χ1) is 9.33. The van der Waals surface area contributed by atoms with Crippen molar-refractivity contribution >= 4 is 11.0 Å². The van der Waals surface area contributed by atoms with Crippen molar-refractivity contribution in [2.75, 3.05) is 0 Å². The number of benzene rings is 1. The minimum atomic E-state index is 0.735. The van der Waals surface area contributed by atoms with E-state index in [9.17, 15) is 0 Å². The summed E-state index contributed by atoms with van der Waals surface area (Å²) in [5, 5.41) is 4.98. The molecule has 19 heavy (non-hydrogen) atoms. The van der Waals surface area contributed by atoms with Crippen LogP contribution in [0.1, 0.15) is 44.4 Å². The van der Waals surface area contributed by atoms with Crippen LogP contribution in [0.3, 0.4) is 0 Å². The van der Waals surface area contributed by atoms with Crippen molar-refractivity contribution in [2.45, 2.75) is 52.1 Å². The fourth-order valence-corrected chi connectivity index (χ4v) is 3.05. The third-order valence-corrected chi connectivity index (χ3v) is 4.23. The lowest BCUT2D eigenvalue weighted by atomic mass is 10.1. The Labute approximate surface area is 115 Å². The van der Waals surface area contributed by atoms with Gasteiger partial charge in [0.1, 0.15) is 11.3 Å². The molecular formula is C17H23NO. The molecule has 0 radical (unpaired) electrons. The Balaban J connectivity index is 1.73. The lowest BCUT2D eigenvalue weighted by Crippen LogP contribution is -2.18. The van der Waals surface area contributed by atoms with E-state index in [1.54, 1.807) is 0 Å². The molecule has 1 N–H and O–H groups in total. The molecular weight excluding hydrogens is 234 g/mol. The number of fused-ring (bicyclic) bond motifs is 1. The van der Waals surface area contributed by atoms with Crippen molar-refractivity contribution in [2.24, 2.45) is 5.92 Å². The minimum absolute atomic E-state index is 0.735. The molecule has 0 spiro atoms. The molecule has 2 atom stereocenters. The minimum Gasteiger partial charge on any atom is -0.461 e. The zero-order chi connectivity index (χ0) is 13.2. The Kier molecular flexibility index (Phi) is 3.61. The SMILES string of the molecule is CCCC1CC1NCc1c(CC)oc2ccccc12. The largest absolute Gasteiger partial charge is 0.461 e. The van der Waals surface area contributed by atoms with Gasteiger partial charge >= 0.3 is 0 Å². The van der Waals surface area contributed by atoms with Crippen LogP contribution in [0.2, 0.25) is 0 Å². The summed E-state index contributed by atoms with van der Waals surface area (Å²) >= 11 is 0. The Morgan fingerprint density at radius 2 is 2.11 bits per heavy atom. The maximum Gasteiger partial charge on any atom is 0.134 e. The predicted molar refractivity (Wildman–Crippen MR) is 79.2 cm³/mol. The summed E-state index contributed by atoms with van der Waals surface area (Å²) in [7, 11) is 0. The summed E-state index contributed by atoms with van der Waals surface area (Å²) in [5.74, 6) is 2.05. The quantitative estimate of drug-likeness (QED) is 0.836. The van der Waals surface area contributed by atoms with Crippen LogP contribution in [0.4, 0.5) is 0 Å². The summed E-state index contributed by atoms with van der Waals surface area (Å²) in [6, 6.07) is 9.11. The molecule has 1 aliphatic rings. The number of aryl methyl sites for hydroxylation is 1. The first kappa shape index (κ1) is 12.7. The highest BCUT2D eigenvalue weighted by molar-refractivity contribution is 5.82. The average Bonchev–Trinajstić information content (AvgIpc) is 3.07. The van der Waals surface area contributed by atoms with Crippen LogP contribution >= 0.6 is 0 Å². The zero-order valence-corrected chi connectivity index (χ0v) is 11.9. The van der Waals surface area contributed by atoms with Crippen LogP contribution in [-0.4, -0.2) is 6.04 Å². The van der Waals surface area contributed by atoms with Gasteiger partial charge in [-0.15, -0.1) is 0 Å². The summed E-state index contributed by atoms with van der Waals surface area (Å²) in [4.78, 5) is 0. The van der Waals surface area contributed by atoms with E-state index in [4.69, 9.17) is 4.42 Å². The Morgan fingerprint density at radius 3 is 2.89 bits per heavy atom. The molecule has 1 fully saturated rings. The van der Waals surface area contributed by atoms with Crippen molar-refractivity contribution in [3.05, 3.63) is 35.6 Å². The summed E-state index contributed by atoms with van der Waals surface area (Å²) in [6.07, 6.45) is 4.99. The van der Waals surface area contributed by atoms with E-state index in [0.29, 0.717) is 0 Å². The molecule has 1 heterocycles. The lowest BCUT2D eigenvalue weighted by molar-refractivity contribution is 0.539. The van der Waals surface area contributed by atoms with Crippen LogP contribution in [-0.2, 0) is 13.0 Å². The topological polar surface area (TPSA) is 25.2 Å². The molecule has 2 heteroatoms. The van der Waals surface area contributed by atoms with Gasteiger partial charge in [0.2, 0.25) is 0 Å². The van der Waals surface area contributed by atoms with Crippen molar-refractivity contribution in [3.63, 3.8) is 0 Å². The molecule has 2 unspecified atom stereocenters. The predicted octanol–water partition coefficient (Wildman–Crippen LogP) is 4.27. The highest BCUT2D eigenvalue weighted by Crippen LogP contribution is 2.35. The fourth-order valence-electron chi connectivity index (χ4n) is 3.05. The standard InChI is InChI=1S/C17H23NO/c1-3-7-12-10-15(12)18-11-14-13-8-5-6-9-17(13)19-16(14)4-2/h5-6,8-9,12,15,18H,3-4,7,10-11H2,1-2H3. The number of furan rings is 1. The third-order valence-electron chi connectivity index (χ3n) is 4.23. The second-order valence-electron chi connectivity index (χ2n) is 5.63. The van der Waals surface area contributed by atoms with Gasteiger partial charge in [-0.05, 0) is 24.8 Å². The number of hydrogen-bond donors (Lipinski definition) is 1. The first-order valence-corrected chi connectivity index (χ1v) is 7.56. The molecule has 3 rings (SSSR count). The van der Waals surface area contributed by atoms with Gasteiger partial charge in [-0.25, -0.2) is 0 Å². The summed E-state index contributed by atoms with van der Waals surface area (Å²) < 4.78 is 5.94. The molecule has 1 aromatic heterocycles.